The van der Waals surface area contributed by atoms with Crippen molar-refractivity contribution in [3.63, 3.8) is 0 Å². The molecule has 1 aromatic carbocycles. The third kappa shape index (κ3) is 6.60. The Bertz CT molecular complexity index is 480. The van der Waals surface area contributed by atoms with Crippen LogP contribution in [0, 0.1) is 0 Å². The topological polar surface area (TPSA) is 58.6 Å². The van der Waals surface area contributed by atoms with Gasteiger partial charge in [-0.1, -0.05) is 17.7 Å². The average Bonchev–Trinajstić information content (AvgIpc) is 2.45. The maximum atomic E-state index is 11.9. The Morgan fingerprint density at radius 1 is 1.33 bits per heavy atom. The van der Waals surface area contributed by atoms with E-state index < -0.39 is 0 Å². The summed E-state index contributed by atoms with van der Waals surface area (Å²) in [6.45, 7) is 3.63. The zero-order valence-electron chi connectivity index (χ0n) is 12.4. The van der Waals surface area contributed by atoms with E-state index in [-0.39, 0.29) is 11.8 Å². The molecule has 0 saturated carbocycles. The van der Waals surface area contributed by atoms with Crippen LogP contribution in [0.25, 0.3) is 0 Å². The number of rotatable bonds is 8. The van der Waals surface area contributed by atoms with Gasteiger partial charge in [0.15, 0.2) is 0 Å². The van der Waals surface area contributed by atoms with E-state index in [2.05, 4.69) is 5.32 Å². The molecule has 0 bridgehead atoms. The van der Waals surface area contributed by atoms with Gasteiger partial charge in [0.25, 0.3) is 5.91 Å². The van der Waals surface area contributed by atoms with Crippen LogP contribution in [-0.2, 0) is 9.53 Å². The van der Waals surface area contributed by atoms with Crippen LogP contribution in [0.3, 0.4) is 0 Å². The van der Waals surface area contributed by atoms with Crippen LogP contribution in [0.2, 0.25) is 5.02 Å². The number of benzene rings is 1. The standard InChI is InChI=1S/C15H21ClN2O3/c1-12(19)18(8-4-10-21-2)9-7-17-15(20)13-5-3-6-14(16)11-13/h3,5-6,11H,4,7-10H2,1-2H3,(H,17,20). The summed E-state index contributed by atoms with van der Waals surface area (Å²) < 4.78 is 4.96. The van der Waals surface area contributed by atoms with Gasteiger partial charge in [0.05, 0.1) is 0 Å². The minimum absolute atomic E-state index is 0.0110. The molecule has 1 rings (SSSR count). The summed E-state index contributed by atoms with van der Waals surface area (Å²) in [5.41, 5.74) is 0.510. The lowest BCUT2D eigenvalue weighted by molar-refractivity contribution is -0.129. The highest BCUT2D eigenvalue weighted by Gasteiger charge is 2.10. The minimum atomic E-state index is -0.196. The maximum Gasteiger partial charge on any atom is 0.251 e. The van der Waals surface area contributed by atoms with Crippen molar-refractivity contribution >= 4 is 23.4 Å². The van der Waals surface area contributed by atoms with Crippen LogP contribution in [-0.4, -0.2) is 50.1 Å². The van der Waals surface area contributed by atoms with Gasteiger partial charge in [-0.15, -0.1) is 0 Å². The Morgan fingerprint density at radius 2 is 2.10 bits per heavy atom. The highest BCUT2D eigenvalue weighted by molar-refractivity contribution is 6.30. The number of nitrogens with one attached hydrogen (secondary N) is 1. The van der Waals surface area contributed by atoms with Gasteiger partial charge in [-0.05, 0) is 24.6 Å². The molecule has 116 valence electrons. The molecule has 6 heteroatoms. The van der Waals surface area contributed by atoms with E-state index in [4.69, 9.17) is 16.3 Å². The van der Waals surface area contributed by atoms with Crippen molar-refractivity contribution in [3.8, 4) is 0 Å². The second-order valence-corrected chi connectivity index (χ2v) is 5.06. The molecule has 0 saturated heterocycles. The van der Waals surface area contributed by atoms with Crippen molar-refractivity contribution in [2.45, 2.75) is 13.3 Å². The van der Waals surface area contributed by atoms with Gasteiger partial charge in [-0.25, -0.2) is 0 Å². The first-order valence-electron chi connectivity index (χ1n) is 6.83. The van der Waals surface area contributed by atoms with Gasteiger partial charge >= 0.3 is 0 Å². The van der Waals surface area contributed by atoms with Crippen LogP contribution in [0.5, 0.6) is 0 Å². The molecule has 0 radical (unpaired) electrons. The van der Waals surface area contributed by atoms with E-state index in [1.54, 1.807) is 36.3 Å². The summed E-state index contributed by atoms with van der Waals surface area (Å²) in [5, 5.41) is 3.30. The summed E-state index contributed by atoms with van der Waals surface area (Å²) >= 11 is 5.84. The Balaban J connectivity index is 2.39. The van der Waals surface area contributed by atoms with Crippen LogP contribution >= 0.6 is 11.6 Å². The first-order valence-corrected chi connectivity index (χ1v) is 7.20. The normalized spacial score (nSPS) is 10.2. The molecule has 0 aliphatic carbocycles. The van der Waals surface area contributed by atoms with Crippen LogP contribution in [0.15, 0.2) is 24.3 Å². The van der Waals surface area contributed by atoms with E-state index in [0.717, 1.165) is 6.42 Å². The molecule has 0 aliphatic rings. The van der Waals surface area contributed by atoms with E-state index in [1.807, 2.05) is 0 Å². The first-order chi connectivity index (χ1) is 10.0. The SMILES string of the molecule is COCCCN(CCNC(=O)c1cccc(Cl)c1)C(C)=O. The van der Waals surface area contributed by atoms with E-state index in [0.29, 0.717) is 36.8 Å². The molecular weight excluding hydrogens is 292 g/mol. The zero-order chi connectivity index (χ0) is 15.7. The van der Waals surface area contributed by atoms with E-state index in [9.17, 15) is 9.59 Å². The average molecular weight is 313 g/mol. The predicted molar refractivity (Wildman–Crippen MR) is 82.5 cm³/mol. The van der Waals surface area contributed by atoms with Gasteiger partial charge in [0, 0.05) is 50.9 Å². The summed E-state index contributed by atoms with van der Waals surface area (Å²) in [6, 6.07) is 6.75. The monoisotopic (exact) mass is 312 g/mol. The summed E-state index contributed by atoms with van der Waals surface area (Å²) in [4.78, 5) is 25.1. The lowest BCUT2D eigenvalue weighted by Crippen LogP contribution is -2.38. The summed E-state index contributed by atoms with van der Waals surface area (Å²) in [7, 11) is 1.63. The van der Waals surface area contributed by atoms with Crippen molar-refractivity contribution in [2.75, 3.05) is 33.4 Å². The van der Waals surface area contributed by atoms with Gasteiger partial charge in [0.1, 0.15) is 0 Å². The summed E-state index contributed by atoms with van der Waals surface area (Å²) in [5.74, 6) is -0.207. The first kappa shape index (κ1) is 17.5. The number of ether oxygens (including phenoxy) is 1. The van der Waals surface area contributed by atoms with Gasteiger partial charge in [0.2, 0.25) is 5.91 Å². The molecule has 0 unspecified atom stereocenters. The van der Waals surface area contributed by atoms with Crippen LogP contribution < -0.4 is 5.32 Å². The number of nitrogens with zero attached hydrogens (tertiary/aromatic N) is 1. The maximum absolute atomic E-state index is 11.9. The lowest BCUT2D eigenvalue weighted by atomic mass is 10.2. The van der Waals surface area contributed by atoms with Crippen molar-refractivity contribution < 1.29 is 14.3 Å². The third-order valence-electron chi connectivity index (χ3n) is 2.98. The van der Waals surface area contributed by atoms with Crippen molar-refractivity contribution in [2.24, 2.45) is 0 Å². The van der Waals surface area contributed by atoms with E-state index >= 15 is 0 Å². The third-order valence-corrected chi connectivity index (χ3v) is 3.21. The summed E-state index contributed by atoms with van der Waals surface area (Å²) in [6.07, 6.45) is 0.776. The molecule has 0 heterocycles. The molecule has 21 heavy (non-hydrogen) atoms. The zero-order valence-corrected chi connectivity index (χ0v) is 13.2. The quantitative estimate of drug-likeness (QED) is 0.746. The molecule has 0 spiro atoms. The van der Waals surface area contributed by atoms with Crippen LogP contribution in [0.4, 0.5) is 0 Å². The lowest BCUT2D eigenvalue weighted by Gasteiger charge is -2.21. The molecule has 0 fully saturated rings. The number of carbonyl (C=O) groups is 2. The number of methoxy groups -OCH3 is 1. The van der Waals surface area contributed by atoms with E-state index in [1.165, 1.54) is 6.92 Å². The molecule has 0 atom stereocenters. The van der Waals surface area contributed by atoms with Crippen molar-refractivity contribution in [1.29, 1.82) is 0 Å². The molecule has 1 aromatic rings. The van der Waals surface area contributed by atoms with Crippen molar-refractivity contribution in [1.82, 2.24) is 10.2 Å². The Hall–Kier alpha value is -1.59. The number of hydrogen-bond acceptors (Lipinski definition) is 3. The minimum Gasteiger partial charge on any atom is -0.385 e. The molecule has 0 aliphatic heterocycles. The molecule has 2 amide bonds. The number of carbonyl (C=O) groups excluding carboxylic acids is 2. The van der Waals surface area contributed by atoms with Gasteiger partial charge in [-0.2, -0.15) is 0 Å². The largest absolute Gasteiger partial charge is 0.385 e. The second kappa shape index (κ2) is 9.37. The van der Waals surface area contributed by atoms with Crippen molar-refractivity contribution in [3.05, 3.63) is 34.9 Å². The predicted octanol–water partition coefficient (Wildman–Crippen LogP) is 1.95. The Kier molecular flexibility index (Phi) is 7.79. The second-order valence-electron chi connectivity index (χ2n) is 4.62. The fourth-order valence-corrected chi connectivity index (χ4v) is 2.05. The molecule has 5 nitrogen and oxygen atoms in total. The number of hydrogen-bond donors (Lipinski definition) is 1. The fraction of sp³-hybridized carbons (Fsp3) is 0.467. The van der Waals surface area contributed by atoms with Gasteiger partial charge in [-0.3, -0.25) is 9.59 Å². The van der Waals surface area contributed by atoms with Crippen LogP contribution in [0.1, 0.15) is 23.7 Å². The highest BCUT2D eigenvalue weighted by atomic mass is 35.5. The molecule has 0 aromatic heterocycles. The fourth-order valence-electron chi connectivity index (χ4n) is 1.86. The Labute approximate surface area is 130 Å². The molecular formula is C15H21ClN2O3. The van der Waals surface area contributed by atoms with Gasteiger partial charge < -0.3 is 15.0 Å². The number of halogens is 1. The smallest absolute Gasteiger partial charge is 0.251 e. The molecule has 1 N–H and O–H groups in total. The number of amides is 2. The highest BCUT2D eigenvalue weighted by Crippen LogP contribution is 2.10. The Morgan fingerprint density at radius 3 is 2.71 bits per heavy atom.